The van der Waals surface area contributed by atoms with Crippen LogP contribution in [0.2, 0.25) is 0 Å². The molecule has 3 heterocycles. The van der Waals surface area contributed by atoms with Crippen molar-refractivity contribution < 1.29 is 9.59 Å². The Morgan fingerprint density at radius 2 is 2.00 bits per heavy atom. The van der Waals surface area contributed by atoms with E-state index in [2.05, 4.69) is 27.5 Å². The molecule has 33 heavy (non-hydrogen) atoms. The number of nitrogens with zero attached hydrogens (tertiary/aromatic N) is 5. The number of aldehydes is 1. The molecule has 174 valence electrons. The summed E-state index contributed by atoms with van der Waals surface area (Å²) in [5, 5.41) is 8.44. The number of benzene rings is 1. The van der Waals surface area contributed by atoms with Crippen LogP contribution in [0.3, 0.4) is 0 Å². The molecule has 9 heteroatoms. The van der Waals surface area contributed by atoms with E-state index in [0.717, 1.165) is 35.6 Å². The Morgan fingerprint density at radius 3 is 2.58 bits per heavy atom. The molecule has 0 bridgehead atoms. The number of hydrogen-bond donors (Lipinski definition) is 1. The average molecular weight is 467 g/mol. The Labute approximate surface area is 197 Å². The molecule has 0 saturated carbocycles. The molecule has 0 aliphatic heterocycles. The van der Waals surface area contributed by atoms with Gasteiger partial charge in [0.25, 0.3) is 5.91 Å². The summed E-state index contributed by atoms with van der Waals surface area (Å²) in [4.78, 5) is 30.0. The Hall–Kier alpha value is -3.30. The average Bonchev–Trinajstić information content (AvgIpc) is 3.50. The second kappa shape index (κ2) is 11.5. The highest BCUT2D eigenvalue weighted by molar-refractivity contribution is 7.16. The molecule has 0 fully saturated rings. The Bertz CT molecular complexity index is 1150. The van der Waals surface area contributed by atoms with Crippen molar-refractivity contribution in [2.24, 2.45) is 7.05 Å². The first kappa shape index (κ1) is 24.3. The lowest BCUT2D eigenvalue weighted by molar-refractivity contribution is 0.0718. The van der Waals surface area contributed by atoms with Crippen LogP contribution in [0.1, 0.15) is 38.0 Å². The van der Waals surface area contributed by atoms with Crippen molar-refractivity contribution in [1.29, 1.82) is 0 Å². The molecule has 1 atom stereocenters. The number of hydrogen-bond acceptors (Lipinski definition) is 6. The van der Waals surface area contributed by atoms with Gasteiger partial charge in [0.05, 0.1) is 11.9 Å². The number of aromatic nitrogens is 4. The lowest BCUT2D eigenvalue weighted by Gasteiger charge is -2.28. The molecule has 8 nitrogen and oxygen atoms in total. The molecular formula is C24H30N6O2S. The van der Waals surface area contributed by atoms with Gasteiger partial charge in [0.1, 0.15) is 10.7 Å². The molecule has 1 amide bonds. The number of imidazole rings is 1. The molecule has 0 aliphatic rings. The molecule has 4 rings (SSSR count). The highest BCUT2D eigenvalue weighted by Gasteiger charge is 2.24. The first-order valence-electron chi connectivity index (χ1n) is 10.8. The zero-order valence-electron chi connectivity index (χ0n) is 19.4. The van der Waals surface area contributed by atoms with Crippen LogP contribution < -0.4 is 5.32 Å². The van der Waals surface area contributed by atoms with Crippen molar-refractivity contribution in [3.63, 3.8) is 0 Å². The second-order valence-electron chi connectivity index (χ2n) is 7.79. The van der Waals surface area contributed by atoms with Gasteiger partial charge in [-0.2, -0.15) is 5.10 Å². The molecule has 3 aromatic heterocycles. The lowest BCUT2D eigenvalue weighted by Crippen LogP contribution is -2.40. The van der Waals surface area contributed by atoms with E-state index in [1.165, 1.54) is 16.9 Å². The van der Waals surface area contributed by atoms with Gasteiger partial charge in [-0.15, -0.1) is 0 Å². The SMILES string of the molecule is CNCC[C@H](Cc1ccccc1)N(C)C(=O)c1cn2nc(C)sc2n1.Cn1cccc1C=O. The maximum atomic E-state index is 12.9. The third-order valence-electron chi connectivity index (χ3n) is 5.38. The van der Waals surface area contributed by atoms with E-state index in [1.807, 2.05) is 63.4 Å². The number of rotatable bonds is 8. The van der Waals surface area contributed by atoms with Gasteiger partial charge in [0, 0.05) is 26.3 Å². The van der Waals surface area contributed by atoms with Crippen LogP contribution >= 0.6 is 11.3 Å². The van der Waals surface area contributed by atoms with Gasteiger partial charge in [0.2, 0.25) is 4.96 Å². The monoisotopic (exact) mass is 466 g/mol. The van der Waals surface area contributed by atoms with Gasteiger partial charge in [0.15, 0.2) is 6.29 Å². The lowest BCUT2D eigenvalue weighted by atomic mass is 10.0. The van der Waals surface area contributed by atoms with Crippen LogP contribution in [0.15, 0.2) is 54.9 Å². The van der Waals surface area contributed by atoms with Crippen molar-refractivity contribution in [2.45, 2.75) is 25.8 Å². The normalized spacial score (nSPS) is 11.6. The summed E-state index contributed by atoms with van der Waals surface area (Å²) >= 11 is 1.49. The number of fused-ring (bicyclic) bond motifs is 1. The van der Waals surface area contributed by atoms with Crippen molar-refractivity contribution in [2.75, 3.05) is 20.6 Å². The minimum absolute atomic E-state index is 0.0626. The van der Waals surface area contributed by atoms with Gasteiger partial charge in [-0.05, 0) is 51.1 Å². The second-order valence-corrected chi connectivity index (χ2v) is 8.95. The summed E-state index contributed by atoms with van der Waals surface area (Å²) < 4.78 is 3.45. The summed E-state index contributed by atoms with van der Waals surface area (Å²) in [5.74, 6) is -0.0626. The third-order valence-corrected chi connectivity index (χ3v) is 6.22. The summed E-state index contributed by atoms with van der Waals surface area (Å²) in [7, 11) is 5.63. The van der Waals surface area contributed by atoms with E-state index < -0.39 is 0 Å². The Balaban J connectivity index is 0.000000323. The summed E-state index contributed by atoms with van der Waals surface area (Å²) in [5.41, 5.74) is 2.39. The quantitative estimate of drug-likeness (QED) is 0.403. The molecule has 4 aromatic rings. The highest BCUT2D eigenvalue weighted by Crippen LogP contribution is 2.17. The first-order chi connectivity index (χ1) is 15.9. The molecule has 1 aromatic carbocycles. The molecular weight excluding hydrogens is 436 g/mol. The van der Waals surface area contributed by atoms with Gasteiger partial charge in [-0.1, -0.05) is 41.7 Å². The first-order valence-corrected chi connectivity index (χ1v) is 11.6. The van der Waals surface area contributed by atoms with Crippen LogP contribution in [-0.4, -0.2) is 62.9 Å². The number of likely N-dealkylation sites (N-methyl/N-ethyl adjacent to an activating group) is 1. The van der Waals surface area contributed by atoms with Crippen LogP contribution in [0, 0.1) is 6.92 Å². The number of nitrogens with one attached hydrogen (secondary N) is 1. The predicted octanol–water partition coefficient (Wildman–Crippen LogP) is 3.23. The van der Waals surface area contributed by atoms with Crippen LogP contribution in [0.4, 0.5) is 0 Å². The molecule has 0 spiro atoms. The van der Waals surface area contributed by atoms with Gasteiger partial charge < -0.3 is 14.8 Å². The van der Waals surface area contributed by atoms with E-state index in [-0.39, 0.29) is 11.9 Å². The zero-order chi connectivity index (χ0) is 23.8. The van der Waals surface area contributed by atoms with Gasteiger partial charge >= 0.3 is 0 Å². The smallest absolute Gasteiger partial charge is 0.274 e. The number of aryl methyl sites for hydroxylation is 2. The molecule has 0 saturated heterocycles. The Morgan fingerprint density at radius 1 is 1.24 bits per heavy atom. The Kier molecular flexibility index (Phi) is 8.51. The minimum Gasteiger partial charge on any atom is -0.348 e. The van der Waals surface area contributed by atoms with Crippen molar-refractivity contribution >= 4 is 28.5 Å². The van der Waals surface area contributed by atoms with E-state index >= 15 is 0 Å². The molecule has 0 radical (unpaired) electrons. The standard InChI is InChI=1S/C18H23N5OS.C6H7NO/c1-13-21-23-12-16(20-18(23)25-13)17(24)22(3)15(9-10-19-2)11-14-7-5-4-6-8-14;1-7-4-2-3-6(7)5-8/h4-8,12,15,19H,9-11H2,1-3H3;2-5H,1H3/t15-;/m1./s1. The maximum Gasteiger partial charge on any atom is 0.274 e. The van der Waals surface area contributed by atoms with Gasteiger partial charge in [-0.25, -0.2) is 9.50 Å². The molecule has 0 aliphatic carbocycles. The largest absolute Gasteiger partial charge is 0.348 e. The fraction of sp³-hybridized carbons (Fsp3) is 0.333. The predicted molar refractivity (Wildman–Crippen MR) is 131 cm³/mol. The van der Waals surface area contributed by atoms with E-state index in [0.29, 0.717) is 11.4 Å². The van der Waals surface area contributed by atoms with Crippen molar-refractivity contribution in [3.05, 3.63) is 76.8 Å². The minimum atomic E-state index is -0.0626. The molecule has 1 N–H and O–H groups in total. The van der Waals surface area contributed by atoms with E-state index in [1.54, 1.807) is 21.3 Å². The summed E-state index contributed by atoms with van der Waals surface area (Å²) in [6.45, 7) is 2.79. The topological polar surface area (TPSA) is 84.5 Å². The number of carbonyl (C=O) groups is 2. The summed E-state index contributed by atoms with van der Waals surface area (Å²) in [6.07, 6.45) is 6.09. The van der Waals surface area contributed by atoms with Crippen LogP contribution in [0.5, 0.6) is 0 Å². The van der Waals surface area contributed by atoms with Crippen LogP contribution in [-0.2, 0) is 13.5 Å². The zero-order valence-corrected chi connectivity index (χ0v) is 20.2. The number of amides is 1. The van der Waals surface area contributed by atoms with E-state index in [4.69, 9.17) is 0 Å². The van der Waals surface area contributed by atoms with E-state index in [9.17, 15) is 9.59 Å². The van der Waals surface area contributed by atoms with Crippen molar-refractivity contribution in [1.82, 2.24) is 29.4 Å². The molecule has 0 unspecified atom stereocenters. The maximum absolute atomic E-state index is 12.9. The summed E-state index contributed by atoms with van der Waals surface area (Å²) in [6, 6.07) is 14.0. The third kappa shape index (κ3) is 6.36. The van der Waals surface area contributed by atoms with Crippen molar-refractivity contribution in [3.8, 4) is 0 Å². The number of carbonyl (C=O) groups excluding carboxylic acids is 2. The fourth-order valence-corrected chi connectivity index (χ4v) is 4.20. The fourth-order valence-electron chi connectivity index (χ4n) is 3.48. The van der Waals surface area contributed by atoms with Gasteiger partial charge in [-0.3, -0.25) is 9.59 Å². The van der Waals surface area contributed by atoms with Crippen LogP contribution in [0.25, 0.3) is 4.96 Å². The highest BCUT2D eigenvalue weighted by atomic mass is 32.1.